The molecule has 35 heavy (non-hydrogen) atoms. The molecule has 0 aliphatic carbocycles. The van der Waals surface area contributed by atoms with Crippen molar-refractivity contribution in [2.45, 2.75) is 26.7 Å². The number of carbonyl (C=O) groups is 1. The first-order chi connectivity index (χ1) is 17.1. The van der Waals surface area contributed by atoms with Crippen LogP contribution in [0.4, 0.5) is 27.8 Å². The summed E-state index contributed by atoms with van der Waals surface area (Å²) >= 11 is 1.47. The molecule has 8 heteroatoms. The van der Waals surface area contributed by atoms with E-state index in [1.54, 1.807) is 12.1 Å². The standard InChI is InChI=1S/C27H27N5O2S/c1-3-14-32(15-4-2)22-12-13-24(23(18-22)27(33)34)30-31-26-16-19-10-11-21(17-25(19)35-26)29-28-20-8-6-5-7-9-20/h5-13,16-18H,3-4,14-15H2,1-2H3,(H,33,34). The van der Waals surface area contributed by atoms with Crippen molar-refractivity contribution in [2.24, 2.45) is 20.5 Å². The molecule has 0 saturated carbocycles. The SMILES string of the molecule is CCCN(CCC)c1ccc(N=Nc2cc3ccc(N=Nc4ccccc4)cc3s2)c(C(=O)O)c1. The van der Waals surface area contributed by atoms with Gasteiger partial charge in [-0.15, -0.1) is 21.6 Å². The average molecular weight is 486 g/mol. The molecule has 1 heterocycles. The van der Waals surface area contributed by atoms with E-state index in [2.05, 4.69) is 39.2 Å². The van der Waals surface area contributed by atoms with Gasteiger partial charge in [-0.2, -0.15) is 10.2 Å². The van der Waals surface area contributed by atoms with E-state index >= 15 is 0 Å². The highest BCUT2D eigenvalue weighted by atomic mass is 32.1. The summed E-state index contributed by atoms with van der Waals surface area (Å²) < 4.78 is 1.01. The lowest BCUT2D eigenvalue weighted by Crippen LogP contribution is -2.25. The van der Waals surface area contributed by atoms with Gasteiger partial charge in [-0.25, -0.2) is 4.79 Å². The molecule has 1 N–H and O–H groups in total. The minimum absolute atomic E-state index is 0.146. The Bertz CT molecular complexity index is 1360. The first-order valence-corrected chi connectivity index (χ1v) is 12.4. The molecular formula is C27H27N5O2S. The summed E-state index contributed by atoms with van der Waals surface area (Å²) in [5, 5.41) is 28.7. The molecule has 4 rings (SSSR count). The van der Waals surface area contributed by atoms with Crippen LogP contribution in [-0.2, 0) is 0 Å². The van der Waals surface area contributed by atoms with Crippen LogP contribution in [0.25, 0.3) is 10.1 Å². The topological polar surface area (TPSA) is 90.0 Å². The van der Waals surface area contributed by atoms with Crippen LogP contribution in [0.15, 0.2) is 93.3 Å². The van der Waals surface area contributed by atoms with E-state index in [0.717, 1.165) is 53.1 Å². The fraction of sp³-hybridized carbons (Fsp3) is 0.222. The van der Waals surface area contributed by atoms with Crippen LogP contribution in [-0.4, -0.2) is 24.2 Å². The van der Waals surface area contributed by atoms with Gasteiger partial charge in [-0.1, -0.05) is 38.1 Å². The lowest BCUT2D eigenvalue weighted by atomic mass is 10.1. The third-order valence-corrected chi connectivity index (χ3v) is 6.33. The Morgan fingerprint density at radius 2 is 1.57 bits per heavy atom. The van der Waals surface area contributed by atoms with Crippen LogP contribution >= 0.6 is 11.3 Å². The molecule has 0 fully saturated rings. The van der Waals surface area contributed by atoms with Gasteiger partial charge in [0, 0.05) is 23.5 Å². The Hall–Kier alpha value is -3.91. The number of azo groups is 2. The maximum atomic E-state index is 11.9. The molecule has 3 aromatic carbocycles. The number of carboxylic acids is 1. The molecule has 7 nitrogen and oxygen atoms in total. The average Bonchev–Trinajstić information content (AvgIpc) is 3.29. The van der Waals surface area contributed by atoms with E-state index in [1.807, 2.05) is 60.7 Å². The van der Waals surface area contributed by atoms with E-state index in [1.165, 1.54) is 11.3 Å². The van der Waals surface area contributed by atoms with Gasteiger partial charge < -0.3 is 10.0 Å². The van der Waals surface area contributed by atoms with Crippen molar-refractivity contribution in [1.29, 1.82) is 0 Å². The molecular weight excluding hydrogens is 458 g/mol. The van der Waals surface area contributed by atoms with Crippen LogP contribution in [0.2, 0.25) is 0 Å². The molecule has 0 radical (unpaired) electrons. The maximum Gasteiger partial charge on any atom is 0.338 e. The lowest BCUT2D eigenvalue weighted by Gasteiger charge is -2.24. The number of anilines is 1. The van der Waals surface area contributed by atoms with E-state index in [9.17, 15) is 9.90 Å². The van der Waals surface area contributed by atoms with Gasteiger partial charge in [0.05, 0.1) is 16.9 Å². The molecule has 0 amide bonds. The number of rotatable bonds is 10. The van der Waals surface area contributed by atoms with Gasteiger partial charge in [0.1, 0.15) is 10.7 Å². The number of aromatic carboxylic acids is 1. The van der Waals surface area contributed by atoms with Gasteiger partial charge in [-0.05, 0) is 66.8 Å². The molecule has 0 saturated heterocycles. The smallest absolute Gasteiger partial charge is 0.338 e. The van der Waals surface area contributed by atoms with Crippen molar-refractivity contribution >= 4 is 55.1 Å². The van der Waals surface area contributed by atoms with Crippen molar-refractivity contribution in [3.8, 4) is 0 Å². The predicted octanol–water partition coefficient (Wildman–Crippen LogP) is 9.06. The van der Waals surface area contributed by atoms with Crippen LogP contribution in [0.5, 0.6) is 0 Å². The van der Waals surface area contributed by atoms with Crippen molar-refractivity contribution in [1.82, 2.24) is 0 Å². The molecule has 1 aromatic heterocycles. The van der Waals surface area contributed by atoms with Crippen molar-refractivity contribution in [2.75, 3.05) is 18.0 Å². The minimum atomic E-state index is -1.02. The van der Waals surface area contributed by atoms with Gasteiger partial charge in [0.25, 0.3) is 0 Å². The van der Waals surface area contributed by atoms with E-state index in [-0.39, 0.29) is 5.56 Å². The molecule has 0 bridgehead atoms. The number of hydrogen-bond donors (Lipinski definition) is 1. The first-order valence-electron chi connectivity index (χ1n) is 11.6. The van der Waals surface area contributed by atoms with Crippen molar-refractivity contribution in [3.05, 3.63) is 78.4 Å². The first kappa shape index (κ1) is 24.2. The number of thiophene rings is 1. The third-order valence-electron chi connectivity index (χ3n) is 5.35. The van der Waals surface area contributed by atoms with E-state index in [4.69, 9.17) is 0 Å². The summed E-state index contributed by atoms with van der Waals surface area (Å²) in [6.07, 6.45) is 1.98. The molecule has 178 valence electrons. The zero-order chi connectivity index (χ0) is 24.6. The summed E-state index contributed by atoms with van der Waals surface area (Å²) in [4.78, 5) is 14.1. The second-order valence-corrected chi connectivity index (χ2v) is 9.10. The normalized spacial score (nSPS) is 11.6. The number of nitrogens with zero attached hydrogens (tertiary/aromatic N) is 5. The molecule has 4 aromatic rings. The van der Waals surface area contributed by atoms with Gasteiger partial charge in [-0.3, -0.25) is 0 Å². The van der Waals surface area contributed by atoms with Gasteiger partial charge >= 0.3 is 5.97 Å². The summed E-state index contributed by atoms with van der Waals surface area (Å²) in [5.41, 5.74) is 2.92. The molecule has 0 atom stereocenters. The Morgan fingerprint density at radius 1 is 0.829 bits per heavy atom. The number of carboxylic acid groups (broad SMARTS) is 1. The fourth-order valence-electron chi connectivity index (χ4n) is 3.72. The Kier molecular flexibility index (Phi) is 7.95. The molecule has 0 aliphatic rings. The minimum Gasteiger partial charge on any atom is -0.478 e. The molecule has 0 aliphatic heterocycles. The monoisotopic (exact) mass is 485 g/mol. The third kappa shape index (κ3) is 6.16. The highest BCUT2D eigenvalue weighted by molar-refractivity contribution is 7.22. The van der Waals surface area contributed by atoms with Gasteiger partial charge in [0.15, 0.2) is 0 Å². The fourth-order valence-corrected chi connectivity index (χ4v) is 4.64. The number of benzene rings is 3. The summed E-state index contributed by atoms with van der Waals surface area (Å²) in [7, 11) is 0. The van der Waals surface area contributed by atoms with E-state index in [0.29, 0.717) is 10.7 Å². The Morgan fingerprint density at radius 3 is 2.29 bits per heavy atom. The second kappa shape index (κ2) is 11.5. The summed E-state index contributed by atoms with van der Waals surface area (Å²) in [6, 6.07) is 22.7. The summed E-state index contributed by atoms with van der Waals surface area (Å²) in [5.74, 6) is -1.02. The number of hydrogen-bond acceptors (Lipinski definition) is 7. The maximum absolute atomic E-state index is 11.9. The van der Waals surface area contributed by atoms with Crippen molar-refractivity contribution < 1.29 is 9.90 Å². The van der Waals surface area contributed by atoms with Crippen LogP contribution in [0.3, 0.4) is 0 Å². The Labute approximate surface area is 208 Å². The van der Waals surface area contributed by atoms with E-state index < -0.39 is 5.97 Å². The quantitative estimate of drug-likeness (QED) is 0.227. The van der Waals surface area contributed by atoms with Crippen LogP contribution in [0, 0.1) is 0 Å². The largest absolute Gasteiger partial charge is 0.478 e. The van der Waals surface area contributed by atoms with Crippen molar-refractivity contribution in [3.63, 3.8) is 0 Å². The van der Waals surface area contributed by atoms with Gasteiger partial charge in [0.2, 0.25) is 0 Å². The second-order valence-electron chi connectivity index (χ2n) is 8.04. The number of fused-ring (bicyclic) bond motifs is 1. The highest BCUT2D eigenvalue weighted by Crippen LogP contribution is 2.36. The Balaban J connectivity index is 1.56. The molecule has 0 unspecified atom stereocenters. The zero-order valence-corrected chi connectivity index (χ0v) is 20.6. The molecule has 0 spiro atoms. The van der Waals surface area contributed by atoms with Crippen LogP contribution < -0.4 is 4.90 Å². The lowest BCUT2D eigenvalue weighted by molar-refractivity contribution is 0.0697. The van der Waals surface area contributed by atoms with Crippen LogP contribution in [0.1, 0.15) is 37.0 Å². The highest BCUT2D eigenvalue weighted by Gasteiger charge is 2.14. The summed E-state index contributed by atoms with van der Waals surface area (Å²) in [6.45, 7) is 5.98. The predicted molar refractivity (Wildman–Crippen MR) is 143 cm³/mol. The zero-order valence-electron chi connectivity index (χ0n) is 19.8.